The van der Waals surface area contributed by atoms with Crippen LogP contribution in [0.2, 0.25) is 0 Å². The highest BCUT2D eigenvalue weighted by Gasteiger charge is 2.29. The largest absolute Gasteiger partial charge is 0.355 e. The summed E-state index contributed by atoms with van der Waals surface area (Å²) in [5.41, 5.74) is 0. The summed E-state index contributed by atoms with van der Waals surface area (Å²) in [4.78, 5) is 19.4. The van der Waals surface area contributed by atoms with Crippen molar-refractivity contribution in [2.75, 3.05) is 19.6 Å². The van der Waals surface area contributed by atoms with E-state index in [1.54, 1.807) is 0 Å². The Morgan fingerprint density at radius 2 is 1.92 bits per heavy atom. The molecule has 0 bridgehead atoms. The SMILES string of the molecule is CC(C)c1noc(CCNC(=O)C2CCN(C3CCCCC3)CC2)n1. The second kappa shape index (κ2) is 8.79. The molecule has 1 aromatic rings. The van der Waals surface area contributed by atoms with Gasteiger partial charge in [-0.25, -0.2) is 0 Å². The molecule has 6 heteroatoms. The van der Waals surface area contributed by atoms with Crippen LogP contribution < -0.4 is 5.32 Å². The molecule has 0 spiro atoms. The van der Waals surface area contributed by atoms with Crippen LogP contribution >= 0.6 is 0 Å². The highest BCUT2D eigenvalue weighted by molar-refractivity contribution is 5.78. The summed E-state index contributed by atoms with van der Waals surface area (Å²) in [7, 11) is 0. The molecule has 2 fully saturated rings. The van der Waals surface area contributed by atoms with Gasteiger partial charge in [-0.1, -0.05) is 38.3 Å². The minimum absolute atomic E-state index is 0.161. The van der Waals surface area contributed by atoms with Gasteiger partial charge in [-0.15, -0.1) is 0 Å². The Balaban J connectivity index is 1.36. The number of nitrogens with one attached hydrogen (secondary N) is 1. The minimum Gasteiger partial charge on any atom is -0.355 e. The molecule has 1 aromatic heterocycles. The number of rotatable bonds is 6. The highest BCUT2D eigenvalue weighted by Crippen LogP contribution is 2.27. The van der Waals surface area contributed by atoms with Crippen LogP contribution in [0.25, 0.3) is 0 Å². The van der Waals surface area contributed by atoms with Gasteiger partial charge in [0.1, 0.15) is 0 Å². The molecule has 0 atom stereocenters. The molecule has 1 amide bonds. The monoisotopic (exact) mass is 348 g/mol. The Bertz CT molecular complexity index is 543. The number of piperidine rings is 1. The molecule has 1 saturated heterocycles. The Hall–Kier alpha value is -1.43. The van der Waals surface area contributed by atoms with Gasteiger partial charge in [-0.3, -0.25) is 4.79 Å². The molecule has 6 nitrogen and oxygen atoms in total. The van der Waals surface area contributed by atoms with Crippen LogP contribution in [0, 0.1) is 5.92 Å². The summed E-state index contributed by atoms with van der Waals surface area (Å²) < 4.78 is 5.22. The average Bonchev–Trinajstić information content (AvgIpc) is 3.12. The van der Waals surface area contributed by atoms with Crippen molar-refractivity contribution < 1.29 is 9.32 Å². The fourth-order valence-electron chi connectivity index (χ4n) is 4.01. The molecule has 1 aliphatic carbocycles. The molecule has 2 aliphatic rings. The van der Waals surface area contributed by atoms with Gasteiger partial charge < -0.3 is 14.7 Å². The van der Waals surface area contributed by atoms with Gasteiger partial charge in [0, 0.05) is 30.8 Å². The zero-order valence-corrected chi connectivity index (χ0v) is 15.7. The van der Waals surface area contributed by atoms with Crippen LogP contribution in [0.3, 0.4) is 0 Å². The lowest BCUT2D eigenvalue weighted by Gasteiger charge is -2.38. The van der Waals surface area contributed by atoms with Crippen molar-refractivity contribution in [1.29, 1.82) is 0 Å². The molecule has 1 N–H and O–H groups in total. The summed E-state index contributed by atoms with van der Waals surface area (Å²) in [5, 5.41) is 7.00. The third-order valence-electron chi connectivity index (χ3n) is 5.63. The van der Waals surface area contributed by atoms with Crippen molar-refractivity contribution in [3.8, 4) is 0 Å². The summed E-state index contributed by atoms with van der Waals surface area (Å²) >= 11 is 0. The third kappa shape index (κ3) is 5.03. The molecule has 0 aromatic carbocycles. The number of carbonyl (C=O) groups is 1. The first kappa shape index (κ1) is 18.4. The van der Waals surface area contributed by atoms with E-state index in [0.29, 0.717) is 18.9 Å². The molecule has 1 saturated carbocycles. The predicted octanol–water partition coefficient (Wildman–Crippen LogP) is 2.90. The average molecular weight is 348 g/mol. The lowest BCUT2D eigenvalue weighted by molar-refractivity contribution is -0.126. The Morgan fingerprint density at radius 3 is 2.56 bits per heavy atom. The van der Waals surface area contributed by atoms with Gasteiger partial charge in [0.25, 0.3) is 0 Å². The molecule has 140 valence electrons. The molecule has 1 aliphatic heterocycles. The maximum Gasteiger partial charge on any atom is 0.228 e. The van der Waals surface area contributed by atoms with E-state index in [9.17, 15) is 4.79 Å². The number of likely N-dealkylation sites (tertiary alicyclic amines) is 1. The zero-order valence-electron chi connectivity index (χ0n) is 15.7. The third-order valence-corrected chi connectivity index (χ3v) is 5.63. The van der Waals surface area contributed by atoms with E-state index in [4.69, 9.17) is 4.52 Å². The minimum atomic E-state index is 0.161. The molecule has 3 rings (SSSR count). The van der Waals surface area contributed by atoms with Crippen molar-refractivity contribution in [2.24, 2.45) is 5.92 Å². The van der Waals surface area contributed by atoms with Crippen molar-refractivity contribution >= 4 is 5.91 Å². The highest BCUT2D eigenvalue weighted by atomic mass is 16.5. The topological polar surface area (TPSA) is 71.3 Å². The maximum absolute atomic E-state index is 12.4. The van der Waals surface area contributed by atoms with E-state index in [1.807, 2.05) is 13.8 Å². The number of hydrogen-bond donors (Lipinski definition) is 1. The first-order valence-electron chi connectivity index (χ1n) is 9.97. The van der Waals surface area contributed by atoms with Crippen molar-refractivity contribution in [3.63, 3.8) is 0 Å². The second-order valence-corrected chi connectivity index (χ2v) is 7.84. The Kier molecular flexibility index (Phi) is 6.45. The molecule has 25 heavy (non-hydrogen) atoms. The van der Waals surface area contributed by atoms with E-state index in [1.165, 1.54) is 32.1 Å². The van der Waals surface area contributed by atoms with Crippen molar-refractivity contribution in [3.05, 3.63) is 11.7 Å². The molecular formula is C19H32N4O2. The number of nitrogens with zero attached hydrogens (tertiary/aromatic N) is 3. The molecule has 2 heterocycles. The number of amides is 1. The van der Waals surface area contributed by atoms with Crippen LogP contribution in [0.1, 0.15) is 76.4 Å². The van der Waals surface area contributed by atoms with Crippen LogP contribution in [0.5, 0.6) is 0 Å². The smallest absolute Gasteiger partial charge is 0.228 e. The fourth-order valence-corrected chi connectivity index (χ4v) is 4.01. The maximum atomic E-state index is 12.4. The predicted molar refractivity (Wildman–Crippen MR) is 96.3 cm³/mol. The van der Waals surface area contributed by atoms with E-state index in [2.05, 4.69) is 20.4 Å². The lowest BCUT2D eigenvalue weighted by atomic mass is 9.90. The van der Waals surface area contributed by atoms with Crippen LogP contribution in [0.4, 0.5) is 0 Å². The van der Waals surface area contributed by atoms with Gasteiger partial charge >= 0.3 is 0 Å². The van der Waals surface area contributed by atoms with E-state index in [0.717, 1.165) is 37.8 Å². The van der Waals surface area contributed by atoms with Gasteiger partial charge in [0.05, 0.1) is 0 Å². The summed E-state index contributed by atoms with van der Waals surface area (Å²) in [6.45, 7) is 6.79. The van der Waals surface area contributed by atoms with Crippen LogP contribution in [-0.2, 0) is 11.2 Å². The first-order valence-corrected chi connectivity index (χ1v) is 9.97. The van der Waals surface area contributed by atoms with Crippen LogP contribution in [-0.4, -0.2) is 46.6 Å². The number of hydrogen-bond acceptors (Lipinski definition) is 5. The van der Waals surface area contributed by atoms with E-state index in [-0.39, 0.29) is 17.7 Å². The Labute approximate surface area is 150 Å². The Morgan fingerprint density at radius 1 is 1.20 bits per heavy atom. The standard InChI is InChI=1S/C19H32N4O2/c1-14(2)18-21-17(25-22-18)8-11-20-19(24)15-9-12-23(13-10-15)16-6-4-3-5-7-16/h14-16H,3-13H2,1-2H3,(H,20,24). The summed E-state index contributed by atoms with van der Waals surface area (Å²) in [6, 6.07) is 0.769. The molecule has 0 radical (unpaired) electrons. The van der Waals surface area contributed by atoms with Crippen molar-refractivity contribution in [1.82, 2.24) is 20.4 Å². The number of aromatic nitrogens is 2. The normalized spacial score (nSPS) is 20.9. The van der Waals surface area contributed by atoms with Gasteiger partial charge in [-0.2, -0.15) is 4.98 Å². The zero-order chi connectivity index (χ0) is 17.6. The number of carbonyl (C=O) groups excluding carboxylic acids is 1. The second-order valence-electron chi connectivity index (χ2n) is 7.84. The quantitative estimate of drug-likeness (QED) is 0.856. The van der Waals surface area contributed by atoms with Gasteiger partial charge in [-0.05, 0) is 38.8 Å². The fraction of sp³-hybridized carbons (Fsp3) is 0.842. The summed E-state index contributed by atoms with van der Waals surface area (Å²) in [6.07, 6.45) is 9.42. The van der Waals surface area contributed by atoms with Gasteiger partial charge in [0.2, 0.25) is 11.8 Å². The van der Waals surface area contributed by atoms with Crippen molar-refractivity contribution in [2.45, 2.75) is 77.2 Å². The molecular weight excluding hydrogens is 316 g/mol. The van der Waals surface area contributed by atoms with Gasteiger partial charge in [0.15, 0.2) is 5.82 Å². The molecule has 0 unspecified atom stereocenters. The lowest BCUT2D eigenvalue weighted by Crippen LogP contribution is -2.45. The van der Waals surface area contributed by atoms with E-state index < -0.39 is 0 Å². The summed E-state index contributed by atoms with van der Waals surface area (Å²) in [5.74, 6) is 1.95. The first-order chi connectivity index (χ1) is 12.1. The van der Waals surface area contributed by atoms with Crippen LogP contribution in [0.15, 0.2) is 4.52 Å². The van der Waals surface area contributed by atoms with E-state index >= 15 is 0 Å².